The topological polar surface area (TPSA) is 49.7 Å². The zero-order chi connectivity index (χ0) is 19.7. The number of carbonyl (C=O) groups is 2. The van der Waals surface area contributed by atoms with Crippen molar-refractivity contribution in [2.24, 2.45) is 4.99 Å². The number of hydrogen-bond acceptors (Lipinski definition) is 3. The minimum atomic E-state index is -0.0635. The molecular weight excluding hydrogens is 348 g/mol. The summed E-state index contributed by atoms with van der Waals surface area (Å²) in [6, 6.07) is 23.6. The number of amides is 1. The molecule has 1 heterocycles. The molecule has 0 radical (unpaired) electrons. The van der Waals surface area contributed by atoms with Crippen LogP contribution in [0.1, 0.15) is 28.4 Å². The minimum absolute atomic E-state index is 0.00234. The molecule has 4 nitrogen and oxygen atoms in total. The van der Waals surface area contributed by atoms with Crippen LogP contribution in [0.3, 0.4) is 0 Å². The zero-order valence-corrected chi connectivity index (χ0v) is 15.8. The molecule has 0 saturated carbocycles. The van der Waals surface area contributed by atoms with Gasteiger partial charge in [-0.1, -0.05) is 54.6 Å². The number of hydrogen-bond donors (Lipinski definition) is 0. The van der Waals surface area contributed by atoms with Crippen LogP contribution in [0.15, 0.2) is 77.8 Å². The highest BCUT2D eigenvalue weighted by Crippen LogP contribution is 2.31. The van der Waals surface area contributed by atoms with Crippen LogP contribution in [0, 0.1) is 0 Å². The first-order valence-electron chi connectivity index (χ1n) is 9.17. The predicted octanol–water partition coefficient (Wildman–Crippen LogP) is 4.37. The van der Waals surface area contributed by atoms with Gasteiger partial charge >= 0.3 is 0 Å². The van der Waals surface area contributed by atoms with Crippen LogP contribution in [-0.4, -0.2) is 31.0 Å². The van der Waals surface area contributed by atoms with Crippen molar-refractivity contribution in [1.82, 2.24) is 0 Å². The third-order valence-electron chi connectivity index (χ3n) is 5.01. The summed E-state index contributed by atoms with van der Waals surface area (Å²) < 4.78 is 0. The van der Waals surface area contributed by atoms with Crippen molar-refractivity contribution in [3.05, 3.63) is 89.5 Å². The van der Waals surface area contributed by atoms with Crippen molar-refractivity contribution in [3.63, 3.8) is 0 Å². The number of aliphatic imine (C=N–C) groups is 1. The highest BCUT2D eigenvalue weighted by Gasteiger charge is 2.23. The molecule has 0 atom stereocenters. The largest absolute Gasteiger partial charge is 0.313 e. The fourth-order valence-corrected chi connectivity index (χ4v) is 3.43. The van der Waals surface area contributed by atoms with E-state index in [4.69, 9.17) is 0 Å². The van der Waals surface area contributed by atoms with Crippen molar-refractivity contribution in [2.45, 2.75) is 6.92 Å². The van der Waals surface area contributed by atoms with Crippen molar-refractivity contribution >= 4 is 23.1 Å². The second-order valence-corrected chi connectivity index (χ2v) is 6.85. The van der Waals surface area contributed by atoms with Gasteiger partial charge in [0.25, 0.3) is 0 Å². The fraction of sp³-hybridized carbons (Fsp3) is 0.125. The lowest BCUT2D eigenvalue weighted by molar-refractivity contribution is -0.116. The summed E-state index contributed by atoms with van der Waals surface area (Å²) in [4.78, 5) is 30.5. The molecule has 1 amide bonds. The molecule has 0 bridgehead atoms. The number of benzodiazepines with no additional fused rings is 1. The van der Waals surface area contributed by atoms with Gasteiger partial charge in [0.2, 0.25) is 5.91 Å². The first-order chi connectivity index (χ1) is 13.5. The first kappa shape index (κ1) is 17.9. The molecule has 4 heteroatoms. The summed E-state index contributed by atoms with van der Waals surface area (Å²) in [7, 11) is 1.77. The van der Waals surface area contributed by atoms with Crippen LogP contribution in [0.5, 0.6) is 0 Å². The minimum Gasteiger partial charge on any atom is -0.313 e. The van der Waals surface area contributed by atoms with Gasteiger partial charge in [-0.2, -0.15) is 0 Å². The molecular formula is C24H20N2O2. The van der Waals surface area contributed by atoms with E-state index in [0.717, 1.165) is 33.7 Å². The van der Waals surface area contributed by atoms with E-state index in [0.29, 0.717) is 5.56 Å². The molecule has 3 aromatic carbocycles. The molecule has 0 fully saturated rings. The van der Waals surface area contributed by atoms with Gasteiger partial charge < -0.3 is 4.90 Å². The van der Waals surface area contributed by atoms with E-state index in [1.54, 1.807) is 24.9 Å². The van der Waals surface area contributed by atoms with E-state index < -0.39 is 0 Å². The number of nitrogens with zero attached hydrogens (tertiary/aromatic N) is 2. The van der Waals surface area contributed by atoms with Gasteiger partial charge in [-0.3, -0.25) is 14.6 Å². The molecule has 0 aromatic heterocycles. The van der Waals surface area contributed by atoms with E-state index in [2.05, 4.69) is 23.2 Å². The first-order valence-corrected chi connectivity index (χ1v) is 9.17. The van der Waals surface area contributed by atoms with Crippen LogP contribution in [0.2, 0.25) is 0 Å². The Morgan fingerprint density at radius 3 is 2.39 bits per heavy atom. The van der Waals surface area contributed by atoms with Crippen molar-refractivity contribution in [3.8, 4) is 11.1 Å². The average Bonchev–Trinajstić information content (AvgIpc) is 2.85. The van der Waals surface area contributed by atoms with Crippen LogP contribution >= 0.6 is 0 Å². The van der Waals surface area contributed by atoms with Crippen LogP contribution < -0.4 is 4.90 Å². The van der Waals surface area contributed by atoms with Gasteiger partial charge in [0.05, 0.1) is 11.4 Å². The van der Waals surface area contributed by atoms with Gasteiger partial charge in [0.1, 0.15) is 6.54 Å². The van der Waals surface area contributed by atoms with E-state index >= 15 is 0 Å². The molecule has 1 aliphatic rings. The van der Waals surface area contributed by atoms with Gasteiger partial charge in [0, 0.05) is 23.7 Å². The second-order valence-electron chi connectivity index (χ2n) is 6.85. The average molecular weight is 368 g/mol. The molecule has 1 aliphatic heterocycles. The Labute approximate surface area is 164 Å². The van der Waals surface area contributed by atoms with Crippen molar-refractivity contribution < 1.29 is 9.59 Å². The number of benzene rings is 3. The van der Waals surface area contributed by atoms with Gasteiger partial charge in [0.15, 0.2) is 5.78 Å². The lowest BCUT2D eigenvalue weighted by atomic mass is 9.94. The van der Waals surface area contributed by atoms with E-state index in [9.17, 15) is 9.59 Å². The second kappa shape index (κ2) is 7.24. The summed E-state index contributed by atoms with van der Waals surface area (Å²) in [5.74, 6) is -0.0611. The maximum absolute atomic E-state index is 12.4. The summed E-state index contributed by atoms with van der Waals surface area (Å²) in [5.41, 5.74) is 6.04. The highest BCUT2D eigenvalue weighted by atomic mass is 16.2. The molecule has 0 unspecified atom stereocenters. The molecule has 4 rings (SSSR count). The standard InChI is InChI=1S/C24H20N2O2/c1-16(27)18-9-6-10-20(13-18)24-21-14-19(17-7-4-3-5-8-17)11-12-22(21)26(2)23(28)15-25-24/h3-14H,15H2,1-2H3. The van der Waals surface area contributed by atoms with Gasteiger partial charge in [-0.25, -0.2) is 0 Å². The molecule has 3 aromatic rings. The van der Waals surface area contributed by atoms with E-state index in [1.807, 2.05) is 48.5 Å². The Morgan fingerprint density at radius 1 is 0.893 bits per heavy atom. The quantitative estimate of drug-likeness (QED) is 0.645. The van der Waals surface area contributed by atoms with Crippen molar-refractivity contribution in [1.29, 1.82) is 0 Å². The number of fused-ring (bicyclic) bond motifs is 1. The Hall–Kier alpha value is -3.53. The summed E-state index contributed by atoms with van der Waals surface area (Å²) in [5, 5.41) is 0. The van der Waals surface area contributed by atoms with Crippen LogP contribution in [-0.2, 0) is 4.79 Å². The molecule has 138 valence electrons. The lowest BCUT2D eigenvalue weighted by Crippen LogP contribution is -2.27. The van der Waals surface area contributed by atoms with E-state index in [-0.39, 0.29) is 18.2 Å². The SMILES string of the molecule is CC(=O)c1cccc(C2=NCC(=O)N(C)c3ccc(-c4ccccc4)cc32)c1. The van der Waals surface area contributed by atoms with Crippen LogP contribution in [0.25, 0.3) is 11.1 Å². The van der Waals surface area contributed by atoms with Crippen LogP contribution in [0.4, 0.5) is 5.69 Å². The predicted molar refractivity (Wildman–Crippen MR) is 112 cm³/mol. The fourth-order valence-electron chi connectivity index (χ4n) is 3.43. The number of ketones is 1. The third kappa shape index (κ3) is 3.25. The summed E-state index contributed by atoms with van der Waals surface area (Å²) >= 11 is 0. The third-order valence-corrected chi connectivity index (χ3v) is 5.01. The van der Waals surface area contributed by atoms with Gasteiger partial charge in [-0.15, -0.1) is 0 Å². The summed E-state index contributed by atoms with van der Waals surface area (Å²) in [6.07, 6.45) is 0. The lowest BCUT2D eigenvalue weighted by Gasteiger charge is -2.19. The smallest absolute Gasteiger partial charge is 0.248 e. The Kier molecular flexibility index (Phi) is 4.62. The van der Waals surface area contributed by atoms with Crippen molar-refractivity contribution in [2.75, 3.05) is 18.5 Å². The zero-order valence-electron chi connectivity index (χ0n) is 15.8. The monoisotopic (exact) mass is 368 g/mol. The normalized spacial score (nSPS) is 13.6. The molecule has 0 spiro atoms. The summed E-state index contributed by atoms with van der Waals surface area (Å²) in [6.45, 7) is 1.62. The Bertz CT molecular complexity index is 1100. The molecule has 0 saturated heterocycles. The maximum atomic E-state index is 12.4. The Balaban J connectivity index is 1.91. The maximum Gasteiger partial charge on any atom is 0.248 e. The number of likely N-dealkylation sites (N-methyl/N-ethyl adjacent to an activating group) is 1. The molecule has 0 aliphatic carbocycles. The molecule has 28 heavy (non-hydrogen) atoms. The number of anilines is 1. The number of Topliss-reactive ketones (excluding diaryl/α,β-unsaturated/α-hetero) is 1. The number of carbonyl (C=O) groups excluding carboxylic acids is 2. The Morgan fingerprint density at radius 2 is 1.64 bits per heavy atom. The van der Waals surface area contributed by atoms with E-state index in [1.165, 1.54) is 0 Å². The molecule has 0 N–H and O–H groups in total. The van der Waals surface area contributed by atoms with Gasteiger partial charge in [-0.05, 0) is 36.2 Å². The number of rotatable bonds is 3. The highest BCUT2D eigenvalue weighted by molar-refractivity contribution is 6.20.